The van der Waals surface area contributed by atoms with E-state index in [0.29, 0.717) is 11.6 Å². The Hall–Kier alpha value is -2.80. The van der Waals surface area contributed by atoms with Crippen molar-refractivity contribution < 1.29 is 5.11 Å². The quantitative estimate of drug-likeness (QED) is 0.759. The van der Waals surface area contributed by atoms with Gasteiger partial charge in [0, 0.05) is 32.0 Å². The molecule has 4 rings (SSSR count). The van der Waals surface area contributed by atoms with Crippen LogP contribution in [0.15, 0.2) is 55.1 Å². The zero-order valence-corrected chi connectivity index (χ0v) is 14.5. The molecule has 3 aromatic rings. The van der Waals surface area contributed by atoms with Crippen molar-refractivity contribution in [3.63, 3.8) is 0 Å². The summed E-state index contributed by atoms with van der Waals surface area (Å²) in [5, 5.41) is 18.8. The molecule has 0 amide bonds. The molecule has 1 unspecified atom stereocenters. The van der Waals surface area contributed by atoms with E-state index in [9.17, 15) is 5.11 Å². The van der Waals surface area contributed by atoms with Crippen LogP contribution in [0.25, 0.3) is 0 Å². The third-order valence-electron chi connectivity index (χ3n) is 4.89. The molecular weight excluding hydrogens is 328 g/mol. The minimum absolute atomic E-state index is 0.548. The van der Waals surface area contributed by atoms with Crippen molar-refractivity contribution in [1.29, 1.82) is 0 Å². The normalized spacial score (nSPS) is 16.6. The molecule has 1 atom stereocenters. The van der Waals surface area contributed by atoms with Gasteiger partial charge in [0.15, 0.2) is 0 Å². The monoisotopic (exact) mass is 350 g/mol. The van der Waals surface area contributed by atoms with Gasteiger partial charge in [0.25, 0.3) is 0 Å². The van der Waals surface area contributed by atoms with Gasteiger partial charge in [-0.15, -0.1) is 5.10 Å². The van der Waals surface area contributed by atoms with Crippen LogP contribution in [-0.2, 0) is 6.54 Å². The number of aromatic nitrogens is 5. The molecule has 7 heteroatoms. The fraction of sp³-hybridized carbons (Fsp3) is 0.368. The van der Waals surface area contributed by atoms with Gasteiger partial charge in [-0.05, 0) is 24.3 Å². The Morgan fingerprint density at radius 1 is 1.12 bits per heavy atom. The first-order chi connectivity index (χ1) is 12.8. The SMILES string of the molecule is OC(c1ccccc1)c1cn(CC2CCN(c3cnccn3)CC2)nn1. The Kier molecular flexibility index (Phi) is 4.88. The molecule has 0 radical (unpaired) electrons. The third-order valence-corrected chi connectivity index (χ3v) is 4.89. The molecule has 2 aromatic heterocycles. The van der Waals surface area contributed by atoms with Crippen molar-refractivity contribution in [3.8, 4) is 0 Å². The van der Waals surface area contributed by atoms with Gasteiger partial charge < -0.3 is 10.0 Å². The van der Waals surface area contributed by atoms with Gasteiger partial charge in [0.1, 0.15) is 17.6 Å². The Bertz CT molecular complexity index is 814. The summed E-state index contributed by atoms with van der Waals surface area (Å²) < 4.78 is 1.85. The summed E-state index contributed by atoms with van der Waals surface area (Å²) in [5.41, 5.74) is 1.42. The van der Waals surface area contributed by atoms with Gasteiger partial charge in [0.2, 0.25) is 0 Å². The molecule has 1 aliphatic heterocycles. The van der Waals surface area contributed by atoms with E-state index in [1.807, 2.05) is 47.4 Å². The zero-order valence-electron chi connectivity index (χ0n) is 14.5. The van der Waals surface area contributed by atoms with Crippen molar-refractivity contribution in [1.82, 2.24) is 25.0 Å². The van der Waals surface area contributed by atoms with Gasteiger partial charge in [-0.25, -0.2) is 4.98 Å². The van der Waals surface area contributed by atoms with E-state index in [2.05, 4.69) is 25.2 Å². The van der Waals surface area contributed by atoms with Gasteiger partial charge in [-0.3, -0.25) is 9.67 Å². The largest absolute Gasteiger partial charge is 0.382 e. The molecule has 0 saturated carbocycles. The second kappa shape index (κ2) is 7.61. The predicted molar refractivity (Wildman–Crippen MR) is 97.5 cm³/mol. The fourth-order valence-electron chi connectivity index (χ4n) is 3.40. The molecule has 1 saturated heterocycles. The van der Waals surface area contributed by atoms with Gasteiger partial charge in [0.05, 0.1) is 12.4 Å². The molecule has 3 heterocycles. The van der Waals surface area contributed by atoms with Crippen molar-refractivity contribution in [2.45, 2.75) is 25.5 Å². The number of nitrogens with zero attached hydrogens (tertiary/aromatic N) is 6. The predicted octanol–water partition coefficient (Wildman–Crippen LogP) is 2.07. The number of anilines is 1. The molecule has 0 bridgehead atoms. The number of hydrogen-bond acceptors (Lipinski definition) is 6. The highest BCUT2D eigenvalue weighted by Crippen LogP contribution is 2.23. The first-order valence-electron chi connectivity index (χ1n) is 8.93. The van der Waals surface area contributed by atoms with Crippen molar-refractivity contribution >= 4 is 5.82 Å². The van der Waals surface area contributed by atoms with Crippen LogP contribution in [0, 0.1) is 5.92 Å². The van der Waals surface area contributed by atoms with Crippen LogP contribution in [0.3, 0.4) is 0 Å². The zero-order chi connectivity index (χ0) is 17.8. The van der Waals surface area contributed by atoms with Crippen LogP contribution in [-0.4, -0.2) is 43.2 Å². The summed E-state index contributed by atoms with van der Waals surface area (Å²) in [6.45, 7) is 2.76. The van der Waals surface area contributed by atoms with Crippen LogP contribution in [0.4, 0.5) is 5.82 Å². The highest BCUT2D eigenvalue weighted by atomic mass is 16.3. The lowest BCUT2D eigenvalue weighted by atomic mass is 9.97. The minimum Gasteiger partial charge on any atom is -0.382 e. The summed E-state index contributed by atoms with van der Waals surface area (Å²) in [4.78, 5) is 10.8. The molecule has 0 spiro atoms. The Labute approximate surface area is 152 Å². The standard InChI is InChI=1S/C19H22N6O/c26-19(16-4-2-1-3-5-16)17-14-25(23-22-17)13-15-6-10-24(11-7-15)18-12-20-8-9-21-18/h1-5,8-9,12,14-15,19,26H,6-7,10-11,13H2. The number of aliphatic hydroxyl groups is 1. The second-order valence-corrected chi connectivity index (χ2v) is 6.67. The topological polar surface area (TPSA) is 80.0 Å². The molecule has 1 aromatic carbocycles. The minimum atomic E-state index is -0.733. The third kappa shape index (κ3) is 3.72. The molecule has 1 fully saturated rings. The van der Waals surface area contributed by atoms with Crippen molar-refractivity contribution in [2.75, 3.05) is 18.0 Å². The molecular formula is C19H22N6O. The molecule has 1 aliphatic rings. The number of hydrogen-bond donors (Lipinski definition) is 1. The Balaban J connectivity index is 1.34. The van der Waals surface area contributed by atoms with Gasteiger partial charge in [-0.1, -0.05) is 35.5 Å². The molecule has 1 N–H and O–H groups in total. The van der Waals surface area contributed by atoms with E-state index in [4.69, 9.17) is 0 Å². The lowest BCUT2D eigenvalue weighted by Gasteiger charge is -2.32. The van der Waals surface area contributed by atoms with E-state index in [-0.39, 0.29) is 0 Å². The van der Waals surface area contributed by atoms with Crippen molar-refractivity contribution in [2.24, 2.45) is 5.92 Å². The van der Waals surface area contributed by atoms with Crippen LogP contribution in [0.1, 0.15) is 30.2 Å². The van der Waals surface area contributed by atoms with Crippen molar-refractivity contribution in [3.05, 3.63) is 66.4 Å². The first kappa shape index (κ1) is 16.7. The van der Waals surface area contributed by atoms with E-state index < -0.39 is 6.10 Å². The number of aliphatic hydroxyl groups excluding tert-OH is 1. The molecule has 0 aliphatic carbocycles. The average molecular weight is 350 g/mol. The van der Waals surface area contributed by atoms with Gasteiger partial charge in [-0.2, -0.15) is 0 Å². The smallest absolute Gasteiger partial charge is 0.147 e. The molecule has 7 nitrogen and oxygen atoms in total. The van der Waals surface area contributed by atoms with E-state index in [0.717, 1.165) is 43.9 Å². The second-order valence-electron chi connectivity index (χ2n) is 6.67. The Morgan fingerprint density at radius 2 is 1.92 bits per heavy atom. The summed E-state index contributed by atoms with van der Waals surface area (Å²) in [6, 6.07) is 9.54. The number of benzene rings is 1. The number of rotatable bonds is 5. The van der Waals surface area contributed by atoms with Crippen LogP contribution in [0.5, 0.6) is 0 Å². The molecule has 134 valence electrons. The maximum absolute atomic E-state index is 10.4. The summed E-state index contributed by atoms with van der Waals surface area (Å²) in [6.07, 6.45) is 8.52. The van der Waals surface area contributed by atoms with Gasteiger partial charge >= 0.3 is 0 Å². The summed E-state index contributed by atoms with van der Waals surface area (Å²) >= 11 is 0. The Morgan fingerprint density at radius 3 is 2.65 bits per heavy atom. The highest BCUT2D eigenvalue weighted by Gasteiger charge is 2.22. The fourth-order valence-corrected chi connectivity index (χ4v) is 3.40. The highest BCUT2D eigenvalue weighted by molar-refractivity contribution is 5.35. The lowest BCUT2D eigenvalue weighted by molar-refractivity contribution is 0.215. The van der Waals surface area contributed by atoms with E-state index in [1.165, 1.54) is 0 Å². The van der Waals surface area contributed by atoms with E-state index >= 15 is 0 Å². The maximum Gasteiger partial charge on any atom is 0.147 e. The molecule has 26 heavy (non-hydrogen) atoms. The summed E-state index contributed by atoms with van der Waals surface area (Å²) in [5.74, 6) is 1.49. The van der Waals surface area contributed by atoms with E-state index in [1.54, 1.807) is 12.4 Å². The van der Waals surface area contributed by atoms with Crippen LogP contribution < -0.4 is 4.90 Å². The summed E-state index contributed by atoms with van der Waals surface area (Å²) in [7, 11) is 0. The number of piperidine rings is 1. The lowest BCUT2D eigenvalue weighted by Crippen LogP contribution is -2.35. The average Bonchev–Trinajstić information content (AvgIpc) is 3.18. The maximum atomic E-state index is 10.4. The first-order valence-corrected chi connectivity index (χ1v) is 8.93. The van der Waals surface area contributed by atoms with Crippen LogP contribution in [0.2, 0.25) is 0 Å². The van der Waals surface area contributed by atoms with Crippen LogP contribution >= 0.6 is 0 Å².